The number of hydrogen-bond donors (Lipinski definition) is 2. The average Bonchev–Trinajstić information content (AvgIpc) is 3.38. The number of rotatable bonds is 9. The van der Waals surface area contributed by atoms with E-state index in [9.17, 15) is 12.8 Å². The molecule has 0 amide bonds. The molecule has 0 bridgehead atoms. The van der Waals surface area contributed by atoms with Crippen LogP contribution in [0.4, 0.5) is 4.39 Å². The normalized spacial score (nSPS) is 20.4. The van der Waals surface area contributed by atoms with E-state index in [1.165, 1.54) is 17.7 Å². The zero-order valence-electron chi connectivity index (χ0n) is 24.7. The molecule has 0 radical (unpaired) electrons. The van der Waals surface area contributed by atoms with Crippen LogP contribution in [0.1, 0.15) is 62.0 Å². The van der Waals surface area contributed by atoms with Crippen LogP contribution in [0.3, 0.4) is 0 Å². The van der Waals surface area contributed by atoms with Crippen molar-refractivity contribution in [2.75, 3.05) is 40.3 Å². The van der Waals surface area contributed by atoms with Crippen molar-refractivity contribution in [3.63, 3.8) is 0 Å². The Hall–Kier alpha value is -2.85. The van der Waals surface area contributed by atoms with E-state index in [1.54, 1.807) is 16.4 Å². The Morgan fingerprint density at radius 3 is 2.49 bits per heavy atom. The van der Waals surface area contributed by atoms with Crippen LogP contribution in [-0.4, -0.2) is 68.1 Å². The van der Waals surface area contributed by atoms with Gasteiger partial charge < -0.3 is 10.2 Å². The molecule has 1 aliphatic heterocycles. The maximum Gasteiger partial charge on any atom is 0.243 e. The third-order valence-corrected chi connectivity index (χ3v) is 10.4. The Balaban J connectivity index is 1.55. The largest absolute Gasteiger partial charge is 0.309 e. The maximum atomic E-state index is 14.1. The molecule has 0 saturated carbocycles. The fourth-order valence-corrected chi connectivity index (χ4v) is 7.77. The van der Waals surface area contributed by atoms with Crippen LogP contribution in [0.25, 0.3) is 6.08 Å². The molecule has 1 aliphatic carbocycles. The average molecular weight is 580 g/mol. The number of H-pyrrole nitrogens is 1. The van der Waals surface area contributed by atoms with Crippen molar-refractivity contribution in [3.05, 3.63) is 88.5 Å². The van der Waals surface area contributed by atoms with E-state index in [2.05, 4.69) is 61.4 Å². The molecule has 5 rings (SSSR count). The second kappa shape index (κ2) is 11.4. The molecule has 9 heteroatoms. The summed E-state index contributed by atoms with van der Waals surface area (Å²) in [6.07, 6.45) is 6.17. The molecule has 2 N–H and O–H groups in total. The molecule has 2 atom stereocenters. The van der Waals surface area contributed by atoms with Crippen LogP contribution in [0, 0.1) is 11.2 Å². The van der Waals surface area contributed by atoms with Gasteiger partial charge in [-0.1, -0.05) is 50.6 Å². The quantitative estimate of drug-likeness (QED) is 0.343. The van der Waals surface area contributed by atoms with Crippen molar-refractivity contribution in [2.45, 2.75) is 56.4 Å². The van der Waals surface area contributed by atoms with E-state index in [4.69, 9.17) is 0 Å². The monoisotopic (exact) mass is 579 g/mol. The molecule has 3 aromatic rings. The summed E-state index contributed by atoms with van der Waals surface area (Å²) in [5.74, 6) is -0.291. The van der Waals surface area contributed by atoms with Gasteiger partial charge in [0.25, 0.3) is 0 Å². The van der Waals surface area contributed by atoms with Crippen LogP contribution in [-0.2, 0) is 21.9 Å². The number of piperidine rings is 1. The number of benzene rings is 2. The smallest absolute Gasteiger partial charge is 0.243 e. The molecule has 7 nitrogen and oxygen atoms in total. The van der Waals surface area contributed by atoms with E-state index in [1.807, 2.05) is 30.5 Å². The summed E-state index contributed by atoms with van der Waals surface area (Å²) < 4.78 is 43.9. The van der Waals surface area contributed by atoms with Crippen molar-refractivity contribution in [2.24, 2.45) is 5.41 Å². The highest BCUT2D eigenvalue weighted by atomic mass is 32.2. The van der Waals surface area contributed by atoms with Gasteiger partial charge in [0.2, 0.25) is 10.0 Å². The first-order valence-corrected chi connectivity index (χ1v) is 15.8. The SMILES string of the molecule is CN(C)CCCNC(c1ccc(F)cc1)[C@@]12Cc3cn[nH]c3C=C1CCN(S(=O)(=O)c1ccc(C(C)(C)C)cc1)C2. The zero-order chi connectivity index (χ0) is 29.4. The highest BCUT2D eigenvalue weighted by Crippen LogP contribution is 2.51. The fourth-order valence-electron chi connectivity index (χ4n) is 6.26. The van der Waals surface area contributed by atoms with Crippen molar-refractivity contribution in [3.8, 4) is 0 Å². The number of aromatic nitrogens is 2. The Morgan fingerprint density at radius 2 is 1.83 bits per heavy atom. The Kier molecular flexibility index (Phi) is 8.27. The molecule has 1 aromatic heterocycles. The van der Waals surface area contributed by atoms with E-state index in [0.717, 1.165) is 41.9 Å². The number of halogens is 1. The first-order valence-electron chi connectivity index (χ1n) is 14.4. The summed E-state index contributed by atoms with van der Waals surface area (Å²) in [5, 5.41) is 11.2. The fraction of sp³-hybridized carbons (Fsp3) is 0.469. The Bertz CT molecular complexity index is 1490. The molecule has 220 valence electrons. The molecular weight excluding hydrogens is 537 g/mol. The summed E-state index contributed by atoms with van der Waals surface area (Å²) in [5.41, 5.74) is 4.64. The number of hydrogen-bond acceptors (Lipinski definition) is 5. The van der Waals surface area contributed by atoms with Crippen LogP contribution in [0.15, 0.2) is 65.2 Å². The third-order valence-electron chi connectivity index (χ3n) is 8.55. The van der Waals surface area contributed by atoms with Crippen LogP contribution in [0.5, 0.6) is 0 Å². The molecule has 2 aromatic carbocycles. The number of sulfonamides is 1. The van der Waals surface area contributed by atoms with Gasteiger partial charge in [-0.2, -0.15) is 9.40 Å². The van der Waals surface area contributed by atoms with E-state index in [0.29, 0.717) is 30.8 Å². The molecule has 2 aliphatic rings. The first-order chi connectivity index (χ1) is 19.4. The number of nitrogens with one attached hydrogen (secondary N) is 2. The highest BCUT2D eigenvalue weighted by Gasteiger charge is 2.50. The molecule has 41 heavy (non-hydrogen) atoms. The van der Waals surface area contributed by atoms with Crippen molar-refractivity contribution >= 4 is 16.1 Å². The van der Waals surface area contributed by atoms with Crippen LogP contribution < -0.4 is 5.32 Å². The lowest BCUT2D eigenvalue weighted by molar-refractivity contribution is 0.151. The van der Waals surface area contributed by atoms with Crippen LogP contribution in [0.2, 0.25) is 0 Å². The minimum absolute atomic E-state index is 0.0673. The predicted molar refractivity (Wildman–Crippen MR) is 162 cm³/mol. The summed E-state index contributed by atoms with van der Waals surface area (Å²) in [6, 6.07) is 13.7. The van der Waals surface area contributed by atoms with Crippen molar-refractivity contribution in [1.82, 2.24) is 24.7 Å². The van der Waals surface area contributed by atoms with E-state index in [-0.39, 0.29) is 17.3 Å². The molecule has 1 saturated heterocycles. The molecular formula is C32H42FN5O2S. The minimum atomic E-state index is -3.75. The highest BCUT2D eigenvalue weighted by molar-refractivity contribution is 7.89. The molecule has 2 heterocycles. The lowest BCUT2D eigenvalue weighted by Crippen LogP contribution is -2.54. The standard InChI is InChI=1S/C32H42FN5O2S/c1-31(2,3)25-9-13-28(14-10-25)41(39,40)38-18-15-26-19-29-24(21-35-36-29)20-32(26,22-38)30(34-16-6-17-37(4)5)23-7-11-27(33)12-8-23/h7-14,19,21,30,34H,6,15-18,20,22H2,1-5H3,(H,35,36)/t30?,32-/m1/s1. The van der Waals surface area contributed by atoms with Gasteiger partial charge in [0.15, 0.2) is 0 Å². The second-order valence-electron chi connectivity index (χ2n) is 12.8. The Labute approximate surface area is 243 Å². The van der Waals surface area contributed by atoms with Gasteiger partial charge in [0, 0.05) is 24.5 Å². The molecule has 1 fully saturated rings. The summed E-state index contributed by atoms with van der Waals surface area (Å²) in [4.78, 5) is 2.46. The number of fused-ring (bicyclic) bond motifs is 2. The van der Waals surface area contributed by atoms with Crippen molar-refractivity contribution < 1.29 is 12.8 Å². The van der Waals surface area contributed by atoms with Gasteiger partial charge in [0.05, 0.1) is 16.8 Å². The lowest BCUT2D eigenvalue weighted by atomic mass is 9.63. The predicted octanol–water partition coefficient (Wildman–Crippen LogP) is 5.15. The summed E-state index contributed by atoms with van der Waals surface area (Å²) in [7, 11) is 0.357. The third kappa shape index (κ3) is 6.04. The molecule has 0 spiro atoms. The number of nitrogens with zero attached hydrogens (tertiary/aromatic N) is 3. The van der Waals surface area contributed by atoms with Gasteiger partial charge in [-0.25, -0.2) is 12.8 Å². The topological polar surface area (TPSA) is 81.3 Å². The van der Waals surface area contributed by atoms with Crippen LogP contribution >= 0.6 is 0 Å². The Morgan fingerprint density at radius 1 is 1.12 bits per heavy atom. The van der Waals surface area contributed by atoms with Crippen molar-refractivity contribution in [1.29, 1.82) is 0 Å². The first kappa shape index (κ1) is 29.6. The zero-order valence-corrected chi connectivity index (χ0v) is 25.6. The maximum absolute atomic E-state index is 14.1. The van der Waals surface area contributed by atoms with E-state index >= 15 is 0 Å². The lowest BCUT2D eigenvalue weighted by Gasteiger charge is -2.50. The van der Waals surface area contributed by atoms with E-state index < -0.39 is 15.4 Å². The van der Waals surface area contributed by atoms with Gasteiger partial charge >= 0.3 is 0 Å². The van der Waals surface area contributed by atoms with Gasteiger partial charge in [-0.3, -0.25) is 5.10 Å². The number of aromatic amines is 1. The van der Waals surface area contributed by atoms with Gasteiger partial charge in [-0.05, 0) is 98.9 Å². The second-order valence-corrected chi connectivity index (χ2v) is 14.7. The molecule has 1 unspecified atom stereocenters. The summed E-state index contributed by atoms with van der Waals surface area (Å²) >= 11 is 0. The van der Waals surface area contributed by atoms with Gasteiger partial charge in [0.1, 0.15) is 5.82 Å². The minimum Gasteiger partial charge on any atom is -0.309 e. The summed E-state index contributed by atoms with van der Waals surface area (Å²) in [6.45, 7) is 8.74. The van der Waals surface area contributed by atoms with Gasteiger partial charge in [-0.15, -0.1) is 0 Å².